The van der Waals surface area contributed by atoms with E-state index in [9.17, 15) is 20.3 Å². The first-order valence-electron chi connectivity index (χ1n) is 5.39. The highest BCUT2D eigenvalue weighted by Crippen LogP contribution is 2.31. The average Bonchev–Trinajstić information content (AvgIpc) is 2.37. The summed E-state index contributed by atoms with van der Waals surface area (Å²) in [5, 5.41) is 30.1. The summed E-state index contributed by atoms with van der Waals surface area (Å²) >= 11 is 3.87. The Morgan fingerprint density at radius 2 is 2.17 bits per heavy atom. The van der Waals surface area contributed by atoms with Crippen molar-refractivity contribution in [3.63, 3.8) is 0 Å². The number of non-ortho nitro benzene ring substituents is 1. The average molecular weight is 273 g/mol. The van der Waals surface area contributed by atoms with Crippen LogP contribution in [0.1, 0.15) is 18.6 Å². The molecule has 6 nitrogen and oxygen atoms in total. The smallest absolute Gasteiger partial charge is 0.270 e. The number of nitro groups is 1. The molecule has 0 aromatic heterocycles. The summed E-state index contributed by atoms with van der Waals surface area (Å²) in [7, 11) is 0. The van der Waals surface area contributed by atoms with Gasteiger partial charge in [0.2, 0.25) is 0 Å². The quantitative estimate of drug-likeness (QED) is 0.413. The molecule has 100 valence electrons. The first kappa shape index (κ1) is 14.7. The summed E-state index contributed by atoms with van der Waals surface area (Å²) in [6.07, 6.45) is -2.39. The molecule has 0 fully saturated rings. The Labute approximate surface area is 110 Å². The minimum absolute atomic E-state index is 0.0371. The molecular weight excluding hydrogens is 258 g/mol. The van der Waals surface area contributed by atoms with Crippen LogP contribution < -0.4 is 4.74 Å². The fraction of sp³-hybridized carbons (Fsp3) is 0.455. The van der Waals surface area contributed by atoms with Gasteiger partial charge in [-0.25, -0.2) is 0 Å². The molecule has 0 aliphatic carbocycles. The van der Waals surface area contributed by atoms with Crippen LogP contribution >= 0.6 is 12.6 Å². The molecule has 0 radical (unpaired) electrons. The highest BCUT2D eigenvalue weighted by molar-refractivity contribution is 7.80. The molecule has 2 unspecified atom stereocenters. The van der Waals surface area contributed by atoms with E-state index >= 15 is 0 Å². The summed E-state index contributed by atoms with van der Waals surface area (Å²) < 4.78 is 5.27. The molecule has 1 aromatic carbocycles. The maximum absolute atomic E-state index is 10.7. The number of aliphatic hydroxyl groups is 2. The van der Waals surface area contributed by atoms with Crippen LogP contribution in [0.4, 0.5) is 5.69 Å². The number of rotatable bonds is 6. The van der Waals surface area contributed by atoms with Crippen LogP contribution in [0.25, 0.3) is 0 Å². The fourth-order valence-electron chi connectivity index (χ4n) is 1.47. The highest BCUT2D eigenvalue weighted by Gasteiger charge is 2.23. The van der Waals surface area contributed by atoms with Gasteiger partial charge in [-0.1, -0.05) is 0 Å². The lowest BCUT2D eigenvalue weighted by atomic mass is 10.0. The van der Waals surface area contributed by atoms with E-state index in [1.807, 2.05) is 0 Å². The number of hydrogen-bond donors (Lipinski definition) is 3. The Hall–Kier alpha value is -1.31. The molecule has 0 saturated carbocycles. The molecule has 0 amide bonds. The van der Waals surface area contributed by atoms with E-state index in [0.29, 0.717) is 12.4 Å². The predicted molar refractivity (Wildman–Crippen MR) is 69.1 cm³/mol. The van der Waals surface area contributed by atoms with E-state index < -0.39 is 17.1 Å². The van der Waals surface area contributed by atoms with Crippen LogP contribution in [-0.2, 0) is 0 Å². The third kappa shape index (κ3) is 3.34. The van der Waals surface area contributed by atoms with Gasteiger partial charge in [0.05, 0.1) is 17.6 Å². The molecular formula is C11H15NO5S. The van der Waals surface area contributed by atoms with Crippen molar-refractivity contribution in [3.05, 3.63) is 33.9 Å². The molecule has 1 aromatic rings. The lowest BCUT2D eigenvalue weighted by Crippen LogP contribution is -2.20. The van der Waals surface area contributed by atoms with Gasteiger partial charge in [0.25, 0.3) is 5.69 Å². The molecule has 0 spiro atoms. The normalized spacial score (nSPS) is 14.0. The van der Waals surface area contributed by atoms with Crippen LogP contribution in [0, 0.1) is 10.1 Å². The topological polar surface area (TPSA) is 92.8 Å². The molecule has 0 saturated heterocycles. The maximum Gasteiger partial charge on any atom is 0.270 e. The molecule has 0 heterocycles. The van der Waals surface area contributed by atoms with Crippen molar-refractivity contribution in [2.45, 2.75) is 19.1 Å². The second kappa shape index (κ2) is 6.58. The Bertz CT molecular complexity index is 426. The van der Waals surface area contributed by atoms with Gasteiger partial charge in [-0.3, -0.25) is 10.1 Å². The number of nitro benzene ring substituents is 1. The molecule has 0 aliphatic heterocycles. The zero-order valence-electron chi connectivity index (χ0n) is 9.81. The van der Waals surface area contributed by atoms with Crippen molar-refractivity contribution in [1.82, 2.24) is 0 Å². The van der Waals surface area contributed by atoms with Gasteiger partial charge in [0.15, 0.2) is 0 Å². The van der Waals surface area contributed by atoms with E-state index in [-0.39, 0.29) is 17.0 Å². The van der Waals surface area contributed by atoms with E-state index in [1.54, 1.807) is 6.92 Å². The number of hydrogen-bond acceptors (Lipinski definition) is 6. The van der Waals surface area contributed by atoms with Gasteiger partial charge >= 0.3 is 0 Å². The van der Waals surface area contributed by atoms with Crippen molar-refractivity contribution in [2.75, 3.05) is 12.4 Å². The van der Waals surface area contributed by atoms with Gasteiger partial charge in [0.1, 0.15) is 11.9 Å². The molecule has 7 heteroatoms. The lowest BCUT2D eigenvalue weighted by molar-refractivity contribution is -0.385. The van der Waals surface area contributed by atoms with E-state index in [4.69, 9.17) is 4.74 Å². The van der Waals surface area contributed by atoms with Gasteiger partial charge in [-0.05, 0) is 13.0 Å². The maximum atomic E-state index is 10.7. The molecule has 18 heavy (non-hydrogen) atoms. The van der Waals surface area contributed by atoms with Crippen molar-refractivity contribution in [2.24, 2.45) is 0 Å². The summed E-state index contributed by atoms with van der Waals surface area (Å²) in [6, 6.07) is 3.89. The van der Waals surface area contributed by atoms with Crippen LogP contribution in [0.15, 0.2) is 18.2 Å². The SMILES string of the molecule is CCOc1ccc([N+](=O)[O-])cc1C(O)C(O)CS. The third-order valence-electron chi connectivity index (χ3n) is 2.37. The lowest BCUT2D eigenvalue weighted by Gasteiger charge is -2.19. The summed E-state index contributed by atoms with van der Waals surface area (Å²) in [6.45, 7) is 2.11. The van der Waals surface area contributed by atoms with Gasteiger partial charge in [-0.15, -0.1) is 0 Å². The Morgan fingerprint density at radius 1 is 1.50 bits per heavy atom. The summed E-state index contributed by atoms with van der Waals surface area (Å²) in [5.41, 5.74) is 0.0199. The Kier molecular flexibility index (Phi) is 5.39. The van der Waals surface area contributed by atoms with Gasteiger partial charge < -0.3 is 14.9 Å². The largest absolute Gasteiger partial charge is 0.493 e. The van der Waals surface area contributed by atoms with Gasteiger partial charge in [0, 0.05) is 23.4 Å². The number of aliphatic hydroxyl groups excluding tert-OH is 2. The first-order valence-corrected chi connectivity index (χ1v) is 6.02. The zero-order valence-corrected chi connectivity index (χ0v) is 10.7. The predicted octanol–water partition coefficient (Wildman–Crippen LogP) is 1.32. The number of nitrogens with zero attached hydrogens (tertiary/aromatic N) is 1. The molecule has 0 bridgehead atoms. The molecule has 1 rings (SSSR count). The van der Waals surface area contributed by atoms with Crippen molar-refractivity contribution >= 4 is 18.3 Å². The van der Waals surface area contributed by atoms with Crippen LogP contribution in [0.5, 0.6) is 5.75 Å². The number of benzene rings is 1. The van der Waals surface area contributed by atoms with Crippen molar-refractivity contribution in [3.8, 4) is 5.75 Å². The van der Waals surface area contributed by atoms with Crippen LogP contribution in [0.3, 0.4) is 0 Å². The summed E-state index contributed by atoms with van der Waals surface area (Å²) in [4.78, 5) is 10.1. The third-order valence-corrected chi connectivity index (χ3v) is 2.75. The molecule has 2 N–H and O–H groups in total. The standard InChI is InChI=1S/C11H15NO5S/c1-2-17-10-4-3-7(12(15)16)5-8(10)11(14)9(13)6-18/h3-5,9,11,13-14,18H,2,6H2,1H3. The van der Waals surface area contributed by atoms with Crippen LogP contribution in [-0.4, -0.2) is 33.6 Å². The highest BCUT2D eigenvalue weighted by atomic mass is 32.1. The second-order valence-corrected chi connectivity index (χ2v) is 3.97. The minimum Gasteiger partial charge on any atom is -0.493 e. The number of ether oxygens (including phenoxy) is 1. The monoisotopic (exact) mass is 273 g/mol. The summed E-state index contributed by atoms with van der Waals surface area (Å²) in [5.74, 6) is 0.353. The fourth-order valence-corrected chi connectivity index (χ4v) is 1.67. The van der Waals surface area contributed by atoms with E-state index in [0.717, 1.165) is 0 Å². The second-order valence-electron chi connectivity index (χ2n) is 3.61. The van der Waals surface area contributed by atoms with Crippen molar-refractivity contribution < 1.29 is 19.9 Å². The van der Waals surface area contributed by atoms with E-state index in [1.165, 1.54) is 18.2 Å². The molecule has 2 atom stereocenters. The van der Waals surface area contributed by atoms with E-state index in [2.05, 4.69) is 12.6 Å². The number of thiol groups is 1. The minimum atomic E-state index is -1.27. The zero-order chi connectivity index (χ0) is 13.7. The molecule has 0 aliphatic rings. The Balaban J connectivity index is 3.18. The Morgan fingerprint density at radius 3 is 2.67 bits per heavy atom. The van der Waals surface area contributed by atoms with Crippen molar-refractivity contribution in [1.29, 1.82) is 0 Å². The van der Waals surface area contributed by atoms with Gasteiger partial charge in [-0.2, -0.15) is 12.6 Å². The van der Waals surface area contributed by atoms with Crippen LogP contribution in [0.2, 0.25) is 0 Å². The first-order chi connectivity index (χ1) is 8.51.